The maximum Gasteiger partial charge on any atom is 0.142 e. The molecule has 0 spiro atoms. The molecule has 1 fully saturated rings. The van der Waals surface area contributed by atoms with Crippen LogP contribution in [0.4, 0.5) is 5.69 Å². The zero-order chi connectivity index (χ0) is 19.1. The molecule has 6 nitrogen and oxygen atoms in total. The Morgan fingerprint density at radius 2 is 1.56 bits per heavy atom. The summed E-state index contributed by atoms with van der Waals surface area (Å²) in [6.45, 7) is 4.50. The van der Waals surface area contributed by atoms with E-state index in [2.05, 4.69) is 15.9 Å². The smallest absolute Gasteiger partial charge is 0.142 e. The van der Waals surface area contributed by atoms with E-state index in [1.54, 1.807) is 14.2 Å². The Kier molecular flexibility index (Phi) is 6.79. The number of hydrogen-bond donors (Lipinski definition) is 1. The fraction of sp³-hybridized carbons (Fsp3) is 0.429. The highest BCUT2D eigenvalue weighted by Gasteiger charge is 2.21. The average molecular weight is 372 g/mol. The number of methoxy groups -OCH3 is 2. The Hall–Kier alpha value is -2.44. The van der Waals surface area contributed by atoms with Gasteiger partial charge in [-0.15, -0.1) is 0 Å². The molecule has 27 heavy (non-hydrogen) atoms. The zero-order valence-electron chi connectivity index (χ0n) is 16.0. The molecule has 1 saturated heterocycles. The van der Waals surface area contributed by atoms with Crippen LogP contribution in [-0.2, 0) is 0 Å². The number of hydrogen-bond acceptors (Lipinski definition) is 6. The lowest BCUT2D eigenvalue weighted by molar-refractivity contribution is 0.0662. The van der Waals surface area contributed by atoms with Crippen LogP contribution in [0.2, 0.25) is 0 Å². The molecule has 6 heteroatoms. The van der Waals surface area contributed by atoms with Crippen molar-refractivity contribution < 1.29 is 19.3 Å². The molecule has 0 radical (unpaired) electrons. The zero-order valence-corrected chi connectivity index (χ0v) is 16.0. The number of anilines is 1. The predicted molar refractivity (Wildman–Crippen MR) is 106 cm³/mol. The summed E-state index contributed by atoms with van der Waals surface area (Å²) >= 11 is 0. The van der Waals surface area contributed by atoms with E-state index in [-0.39, 0.29) is 6.61 Å². The summed E-state index contributed by atoms with van der Waals surface area (Å²) in [6, 6.07) is 15.5. The molecule has 0 bridgehead atoms. The minimum absolute atomic E-state index is 0.277. The van der Waals surface area contributed by atoms with Crippen LogP contribution >= 0.6 is 0 Å². The standard InChI is InChI=1S/C21H28N2O4/c1-25-18-7-9-19(10-8-18)27-16-17(24)15-22-11-13-23(14-12-22)20-5-3-4-6-21(20)26-2/h3-10,17,24H,11-16H2,1-2H3/t17-/m0/s1. The summed E-state index contributed by atoms with van der Waals surface area (Å²) in [5.41, 5.74) is 1.13. The topological polar surface area (TPSA) is 54.4 Å². The van der Waals surface area contributed by atoms with Crippen molar-refractivity contribution in [2.24, 2.45) is 0 Å². The lowest BCUT2D eigenvalue weighted by atomic mass is 10.2. The first-order chi connectivity index (χ1) is 13.2. The van der Waals surface area contributed by atoms with Crippen molar-refractivity contribution in [3.63, 3.8) is 0 Å². The van der Waals surface area contributed by atoms with E-state index in [0.29, 0.717) is 6.54 Å². The third kappa shape index (κ3) is 5.28. The first-order valence-electron chi connectivity index (χ1n) is 9.25. The summed E-state index contributed by atoms with van der Waals surface area (Å²) in [5.74, 6) is 2.42. The normalized spacial score (nSPS) is 16.0. The van der Waals surface area contributed by atoms with Crippen LogP contribution in [0.5, 0.6) is 17.2 Å². The van der Waals surface area contributed by atoms with Gasteiger partial charge < -0.3 is 24.2 Å². The van der Waals surface area contributed by atoms with E-state index >= 15 is 0 Å². The summed E-state index contributed by atoms with van der Waals surface area (Å²) in [5, 5.41) is 10.3. The maximum atomic E-state index is 10.3. The molecule has 146 valence electrons. The van der Waals surface area contributed by atoms with Gasteiger partial charge >= 0.3 is 0 Å². The van der Waals surface area contributed by atoms with Crippen LogP contribution in [0.15, 0.2) is 48.5 Å². The van der Waals surface area contributed by atoms with E-state index in [9.17, 15) is 5.11 Å². The van der Waals surface area contributed by atoms with Gasteiger partial charge in [-0.05, 0) is 36.4 Å². The van der Waals surface area contributed by atoms with E-state index in [0.717, 1.165) is 49.1 Å². The summed E-state index contributed by atoms with van der Waals surface area (Å²) < 4.78 is 16.3. The van der Waals surface area contributed by atoms with E-state index in [1.807, 2.05) is 42.5 Å². The predicted octanol–water partition coefficient (Wildman–Crippen LogP) is 2.27. The molecule has 2 aromatic carbocycles. The maximum absolute atomic E-state index is 10.3. The number of aliphatic hydroxyl groups excluding tert-OH is 1. The van der Waals surface area contributed by atoms with Crippen LogP contribution < -0.4 is 19.1 Å². The van der Waals surface area contributed by atoms with Gasteiger partial charge in [0.2, 0.25) is 0 Å². The number of para-hydroxylation sites is 2. The molecule has 0 aliphatic carbocycles. The molecule has 0 amide bonds. The van der Waals surface area contributed by atoms with Gasteiger partial charge in [-0.1, -0.05) is 12.1 Å². The van der Waals surface area contributed by atoms with E-state index in [1.165, 1.54) is 0 Å². The molecule has 1 N–H and O–H groups in total. The minimum atomic E-state index is -0.523. The number of β-amino-alcohol motifs (C(OH)–C–C–N with tert-alkyl or cyclic N) is 1. The van der Waals surface area contributed by atoms with Crippen molar-refractivity contribution in [2.75, 3.05) is 58.5 Å². The summed E-state index contributed by atoms with van der Waals surface area (Å²) in [4.78, 5) is 4.60. The Bertz CT molecular complexity index is 700. The van der Waals surface area contributed by atoms with Gasteiger partial charge in [-0.25, -0.2) is 0 Å². The molecular weight excluding hydrogens is 344 g/mol. The van der Waals surface area contributed by atoms with Crippen molar-refractivity contribution in [2.45, 2.75) is 6.10 Å². The minimum Gasteiger partial charge on any atom is -0.497 e. The molecule has 0 saturated carbocycles. The number of aliphatic hydroxyl groups is 1. The van der Waals surface area contributed by atoms with Gasteiger partial charge in [-0.3, -0.25) is 4.90 Å². The molecule has 1 atom stereocenters. The number of nitrogens with zero attached hydrogens (tertiary/aromatic N) is 2. The van der Waals surface area contributed by atoms with E-state index in [4.69, 9.17) is 14.2 Å². The second-order valence-corrected chi connectivity index (χ2v) is 6.60. The SMILES string of the molecule is COc1ccc(OC[C@@H](O)CN2CCN(c3ccccc3OC)CC2)cc1. The lowest BCUT2D eigenvalue weighted by Gasteiger charge is -2.37. The van der Waals surface area contributed by atoms with Crippen LogP contribution in [0.1, 0.15) is 0 Å². The first-order valence-corrected chi connectivity index (χ1v) is 9.25. The highest BCUT2D eigenvalue weighted by Crippen LogP contribution is 2.28. The van der Waals surface area contributed by atoms with Crippen LogP contribution in [-0.4, -0.2) is 69.7 Å². The third-order valence-corrected chi connectivity index (χ3v) is 4.77. The van der Waals surface area contributed by atoms with Gasteiger partial charge in [0, 0.05) is 32.7 Å². The number of piperazine rings is 1. The largest absolute Gasteiger partial charge is 0.497 e. The van der Waals surface area contributed by atoms with Gasteiger partial charge in [0.05, 0.1) is 19.9 Å². The Labute approximate surface area is 160 Å². The fourth-order valence-electron chi connectivity index (χ4n) is 3.28. The molecule has 0 aromatic heterocycles. The molecule has 1 aliphatic heterocycles. The number of ether oxygens (including phenoxy) is 3. The van der Waals surface area contributed by atoms with Crippen LogP contribution in [0, 0.1) is 0 Å². The van der Waals surface area contributed by atoms with E-state index < -0.39 is 6.10 Å². The third-order valence-electron chi connectivity index (χ3n) is 4.77. The second-order valence-electron chi connectivity index (χ2n) is 6.60. The Morgan fingerprint density at radius 1 is 0.889 bits per heavy atom. The van der Waals surface area contributed by atoms with Crippen molar-refractivity contribution in [1.82, 2.24) is 4.90 Å². The molecule has 1 aliphatic rings. The highest BCUT2D eigenvalue weighted by atomic mass is 16.5. The van der Waals surface area contributed by atoms with Gasteiger partial charge in [0.25, 0.3) is 0 Å². The molecule has 1 heterocycles. The monoisotopic (exact) mass is 372 g/mol. The Balaban J connectivity index is 1.43. The fourth-order valence-corrected chi connectivity index (χ4v) is 3.28. The molecular formula is C21H28N2O4. The molecule has 2 aromatic rings. The lowest BCUT2D eigenvalue weighted by Crippen LogP contribution is -2.49. The van der Waals surface area contributed by atoms with Crippen LogP contribution in [0.3, 0.4) is 0 Å². The molecule has 0 unspecified atom stereocenters. The summed E-state index contributed by atoms with van der Waals surface area (Å²) in [6.07, 6.45) is -0.523. The van der Waals surface area contributed by atoms with Gasteiger partial charge in [0.15, 0.2) is 0 Å². The van der Waals surface area contributed by atoms with Gasteiger partial charge in [-0.2, -0.15) is 0 Å². The highest BCUT2D eigenvalue weighted by molar-refractivity contribution is 5.58. The van der Waals surface area contributed by atoms with Crippen LogP contribution in [0.25, 0.3) is 0 Å². The van der Waals surface area contributed by atoms with Crippen molar-refractivity contribution in [3.8, 4) is 17.2 Å². The first kappa shape index (κ1) is 19.3. The van der Waals surface area contributed by atoms with Crippen molar-refractivity contribution in [1.29, 1.82) is 0 Å². The van der Waals surface area contributed by atoms with Crippen molar-refractivity contribution >= 4 is 5.69 Å². The summed E-state index contributed by atoms with van der Waals surface area (Å²) in [7, 11) is 3.33. The second kappa shape index (κ2) is 9.48. The number of rotatable bonds is 8. The average Bonchev–Trinajstić information content (AvgIpc) is 2.73. The van der Waals surface area contributed by atoms with Gasteiger partial charge in [0.1, 0.15) is 30.0 Å². The quantitative estimate of drug-likeness (QED) is 0.767. The van der Waals surface area contributed by atoms with Crippen molar-refractivity contribution in [3.05, 3.63) is 48.5 Å². The molecule has 3 rings (SSSR count). The Morgan fingerprint density at radius 3 is 2.22 bits per heavy atom. The number of benzene rings is 2.